The molecule has 0 saturated heterocycles. The summed E-state index contributed by atoms with van der Waals surface area (Å²) in [6.45, 7) is 0. The van der Waals surface area contributed by atoms with Crippen molar-refractivity contribution in [3.05, 3.63) is 68.7 Å². The highest BCUT2D eigenvalue weighted by Crippen LogP contribution is 2.16. The number of anilines is 1. The normalized spacial score (nSPS) is 10.1. The highest BCUT2D eigenvalue weighted by Gasteiger charge is 2.06. The van der Waals surface area contributed by atoms with Gasteiger partial charge in [-0.1, -0.05) is 28.1 Å². The number of amides is 1. The predicted molar refractivity (Wildman–Crippen MR) is 84.2 cm³/mol. The van der Waals surface area contributed by atoms with Gasteiger partial charge in [-0.25, -0.2) is 0 Å². The number of hydrogen-bond donors (Lipinski definition) is 1. The van der Waals surface area contributed by atoms with Gasteiger partial charge < -0.3 is 5.32 Å². The van der Waals surface area contributed by atoms with Crippen LogP contribution >= 0.6 is 15.9 Å². The number of nitro benzene ring substituents is 1. The van der Waals surface area contributed by atoms with Gasteiger partial charge in [-0.05, 0) is 36.2 Å². The molecule has 1 N–H and O–H groups in total. The minimum atomic E-state index is -0.473. The molecule has 0 aliphatic carbocycles. The van der Waals surface area contributed by atoms with Gasteiger partial charge in [0.2, 0.25) is 5.91 Å². The molecule has 0 heterocycles. The zero-order chi connectivity index (χ0) is 15.2. The summed E-state index contributed by atoms with van der Waals surface area (Å²) in [4.78, 5) is 21.9. The standard InChI is InChI=1S/C15H13BrN2O3/c16-12-4-1-11(2-5-12)3-10-15(19)17-13-6-8-14(9-7-13)18(20)21/h1-2,4-9H,3,10H2,(H,17,19). The minimum absolute atomic E-state index is 0.00265. The van der Waals surface area contributed by atoms with E-state index < -0.39 is 4.92 Å². The highest BCUT2D eigenvalue weighted by molar-refractivity contribution is 9.10. The van der Waals surface area contributed by atoms with Crippen molar-refractivity contribution >= 4 is 33.2 Å². The van der Waals surface area contributed by atoms with Crippen molar-refractivity contribution in [1.82, 2.24) is 0 Å². The van der Waals surface area contributed by atoms with E-state index in [-0.39, 0.29) is 11.6 Å². The zero-order valence-corrected chi connectivity index (χ0v) is 12.7. The van der Waals surface area contributed by atoms with E-state index in [9.17, 15) is 14.9 Å². The Hall–Kier alpha value is -2.21. The number of carbonyl (C=O) groups excluding carboxylic acids is 1. The second-order valence-corrected chi connectivity index (χ2v) is 5.39. The third-order valence-electron chi connectivity index (χ3n) is 2.92. The molecule has 0 saturated carbocycles. The summed E-state index contributed by atoms with van der Waals surface area (Å²) >= 11 is 3.36. The molecule has 6 heteroatoms. The molecule has 0 aliphatic rings. The Morgan fingerprint density at radius 3 is 2.29 bits per heavy atom. The van der Waals surface area contributed by atoms with Crippen LogP contribution < -0.4 is 5.32 Å². The third-order valence-corrected chi connectivity index (χ3v) is 3.44. The minimum Gasteiger partial charge on any atom is -0.326 e. The number of nitrogens with one attached hydrogen (secondary N) is 1. The number of benzene rings is 2. The van der Waals surface area contributed by atoms with Crippen LogP contribution in [0.15, 0.2) is 53.0 Å². The van der Waals surface area contributed by atoms with Crippen LogP contribution in [0.4, 0.5) is 11.4 Å². The van der Waals surface area contributed by atoms with Crippen LogP contribution in [-0.4, -0.2) is 10.8 Å². The first-order chi connectivity index (χ1) is 10.0. The van der Waals surface area contributed by atoms with Crippen LogP contribution in [-0.2, 0) is 11.2 Å². The number of halogens is 1. The van der Waals surface area contributed by atoms with E-state index in [4.69, 9.17) is 0 Å². The third kappa shape index (κ3) is 4.68. The Kier molecular flexibility index (Phi) is 5.05. The fourth-order valence-corrected chi connectivity index (χ4v) is 2.06. The van der Waals surface area contributed by atoms with Crippen LogP contribution in [0.3, 0.4) is 0 Å². The van der Waals surface area contributed by atoms with Crippen molar-refractivity contribution in [3.8, 4) is 0 Å². The summed E-state index contributed by atoms with van der Waals surface area (Å²) in [6, 6.07) is 13.6. The van der Waals surface area contributed by atoms with Gasteiger partial charge in [0.1, 0.15) is 0 Å². The molecule has 0 atom stereocenters. The quantitative estimate of drug-likeness (QED) is 0.657. The first-order valence-corrected chi connectivity index (χ1v) is 7.12. The van der Waals surface area contributed by atoms with Gasteiger partial charge in [-0.15, -0.1) is 0 Å². The fraction of sp³-hybridized carbons (Fsp3) is 0.133. The second-order valence-electron chi connectivity index (χ2n) is 4.48. The summed E-state index contributed by atoms with van der Waals surface area (Å²) in [7, 11) is 0. The maximum atomic E-state index is 11.8. The van der Waals surface area contributed by atoms with Crippen molar-refractivity contribution < 1.29 is 9.72 Å². The van der Waals surface area contributed by atoms with Crippen LogP contribution in [0.1, 0.15) is 12.0 Å². The van der Waals surface area contributed by atoms with E-state index in [1.54, 1.807) is 0 Å². The van der Waals surface area contributed by atoms with Gasteiger partial charge in [-0.2, -0.15) is 0 Å². The Labute approximate surface area is 130 Å². The molecule has 2 rings (SSSR count). The summed E-state index contributed by atoms with van der Waals surface area (Å²) in [5, 5.41) is 13.3. The lowest BCUT2D eigenvalue weighted by Crippen LogP contribution is -2.12. The van der Waals surface area contributed by atoms with Crippen LogP contribution in [0.5, 0.6) is 0 Å². The number of nitro groups is 1. The summed E-state index contributed by atoms with van der Waals surface area (Å²) < 4.78 is 1.00. The van der Waals surface area contributed by atoms with Gasteiger partial charge in [0, 0.05) is 28.7 Å². The molecule has 0 fully saturated rings. The zero-order valence-electron chi connectivity index (χ0n) is 11.1. The number of aryl methyl sites for hydroxylation is 1. The molecule has 1 amide bonds. The lowest BCUT2D eigenvalue weighted by Gasteiger charge is -2.05. The number of rotatable bonds is 5. The van der Waals surface area contributed by atoms with E-state index in [1.807, 2.05) is 24.3 Å². The number of carbonyl (C=O) groups is 1. The molecular weight excluding hydrogens is 336 g/mol. The molecule has 2 aromatic rings. The van der Waals surface area contributed by atoms with Crippen LogP contribution in [0.25, 0.3) is 0 Å². The molecule has 2 aromatic carbocycles. The second kappa shape index (κ2) is 6.99. The molecule has 0 bridgehead atoms. The average molecular weight is 349 g/mol. The van der Waals surface area contributed by atoms with E-state index in [0.29, 0.717) is 18.5 Å². The van der Waals surface area contributed by atoms with E-state index in [0.717, 1.165) is 10.0 Å². The van der Waals surface area contributed by atoms with Gasteiger partial charge >= 0.3 is 0 Å². The van der Waals surface area contributed by atoms with Crippen LogP contribution in [0, 0.1) is 10.1 Å². The fourth-order valence-electron chi connectivity index (χ4n) is 1.80. The van der Waals surface area contributed by atoms with Crippen molar-refractivity contribution in [3.63, 3.8) is 0 Å². The average Bonchev–Trinajstić information content (AvgIpc) is 2.47. The largest absolute Gasteiger partial charge is 0.326 e. The Bertz CT molecular complexity index is 639. The SMILES string of the molecule is O=C(CCc1ccc(Br)cc1)Nc1ccc([N+](=O)[O-])cc1. The van der Waals surface area contributed by atoms with Crippen molar-refractivity contribution in [2.24, 2.45) is 0 Å². The van der Waals surface area contributed by atoms with Crippen molar-refractivity contribution in [2.45, 2.75) is 12.8 Å². The molecule has 0 spiro atoms. The number of non-ortho nitro benzene ring substituents is 1. The molecule has 0 radical (unpaired) electrons. The Morgan fingerprint density at radius 1 is 1.10 bits per heavy atom. The maximum absolute atomic E-state index is 11.8. The van der Waals surface area contributed by atoms with Gasteiger partial charge in [0.25, 0.3) is 5.69 Å². The van der Waals surface area contributed by atoms with Crippen molar-refractivity contribution in [2.75, 3.05) is 5.32 Å². The summed E-state index contributed by atoms with van der Waals surface area (Å²) in [6.07, 6.45) is 1.00. The Morgan fingerprint density at radius 2 is 1.71 bits per heavy atom. The van der Waals surface area contributed by atoms with Gasteiger partial charge in [0.15, 0.2) is 0 Å². The molecule has 108 valence electrons. The number of nitrogens with zero attached hydrogens (tertiary/aromatic N) is 1. The molecule has 0 aromatic heterocycles. The monoisotopic (exact) mass is 348 g/mol. The Balaban J connectivity index is 1.86. The highest BCUT2D eigenvalue weighted by atomic mass is 79.9. The summed E-state index contributed by atoms with van der Waals surface area (Å²) in [5.41, 5.74) is 1.64. The van der Waals surface area contributed by atoms with Gasteiger partial charge in [0.05, 0.1) is 4.92 Å². The smallest absolute Gasteiger partial charge is 0.269 e. The van der Waals surface area contributed by atoms with Crippen LogP contribution in [0.2, 0.25) is 0 Å². The van der Waals surface area contributed by atoms with E-state index in [2.05, 4.69) is 21.2 Å². The topological polar surface area (TPSA) is 72.2 Å². The molecule has 0 aliphatic heterocycles. The van der Waals surface area contributed by atoms with E-state index >= 15 is 0 Å². The lowest BCUT2D eigenvalue weighted by molar-refractivity contribution is -0.384. The maximum Gasteiger partial charge on any atom is 0.269 e. The van der Waals surface area contributed by atoms with Gasteiger partial charge in [-0.3, -0.25) is 14.9 Å². The molecule has 0 unspecified atom stereocenters. The predicted octanol–water partition coefficient (Wildman–Crippen LogP) is 3.93. The number of hydrogen-bond acceptors (Lipinski definition) is 3. The van der Waals surface area contributed by atoms with E-state index in [1.165, 1.54) is 24.3 Å². The van der Waals surface area contributed by atoms with Crippen molar-refractivity contribution in [1.29, 1.82) is 0 Å². The molecule has 21 heavy (non-hydrogen) atoms. The molecular formula is C15H13BrN2O3. The lowest BCUT2D eigenvalue weighted by atomic mass is 10.1. The first kappa shape index (κ1) is 15.2. The first-order valence-electron chi connectivity index (χ1n) is 6.33. The molecule has 5 nitrogen and oxygen atoms in total. The summed E-state index contributed by atoms with van der Waals surface area (Å²) in [5.74, 6) is -0.119.